The van der Waals surface area contributed by atoms with Gasteiger partial charge in [-0.3, -0.25) is 4.98 Å². The number of ether oxygens (including phenoxy) is 1. The number of benzene rings is 1. The third-order valence-corrected chi connectivity index (χ3v) is 3.11. The van der Waals surface area contributed by atoms with E-state index in [1.54, 1.807) is 13.2 Å². The van der Waals surface area contributed by atoms with Crippen molar-refractivity contribution in [1.29, 1.82) is 0 Å². The molecule has 0 saturated carbocycles. The monoisotopic (exact) mass is 282 g/mol. The van der Waals surface area contributed by atoms with Crippen molar-refractivity contribution in [3.05, 3.63) is 57.8 Å². The van der Waals surface area contributed by atoms with Crippen molar-refractivity contribution in [2.75, 3.05) is 7.11 Å². The molecule has 1 aromatic carbocycles. The molecule has 2 N–H and O–H groups in total. The number of halogens is 2. The topological polar surface area (TPSA) is 48.1 Å². The van der Waals surface area contributed by atoms with Crippen molar-refractivity contribution < 1.29 is 4.74 Å². The molecule has 2 aromatic rings. The second kappa shape index (κ2) is 5.57. The molecule has 0 aliphatic carbocycles. The van der Waals surface area contributed by atoms with E-state index in [1.807, 2.05) is 24.3 Å². The summed E-state index contributed by atoms with van der Waals surface area (Å²) < 4.78 is 5.27. The molecule has 0 spiro atoms. The summed E-state index contributed by atoms with van der Waals surface area (Å²) >= 11 is 11.9. The Kier molecular flexibility index (Phi) is 4.07. The normalized spacial score (nSPS) is 12.2. The van der Waals surface area contributed by atoms with Gasteiger partial charge in [0.15, 0.2) is 0 Å². The van der Waals surface area contributed by atoms with Gasteiger partial charge in [-0.2, -0.15) is 0 Å². The van der Waals surface area contributed by atoms with Crippen LogP contribution in [0.1, 0.15) is 17.3 Å². The van der Waals surface area contributed by atoms with E-state index in [9.17, 15) is 0 Å². The van der Waals surface area contributed by atoms with Gasteiger partial charge < -0.3 is 10.5 Å². The van der Waals surface area contributed by atoms with Crippen molar-refractivity contribution in [1.82, 2.24) is 4.98 Å². The summed E-state index contributed by atoms with van der Waals surface area (Å²) in [5, 5.41) is 0.928. The maximum atomic E-state index is 6.17. The number of rotatable bonds is 3. The third-order valence-electron chi connectivity index (χ3n) is 2.60. The fourth-order valence-electron chi connectivity index (χ4n) is 1.72. The van der Waals surface area contributed by atoms with Crippen LogP contribution < -0.4 is 10.5 Å². The van der Waals surface area contributed by atoms with E-state index in [0.717, 1.165) is 5.56 Å². The molecule has 1 heterocycles. The Morgan fingerprint density at radius 3 is 2.67 bits per heavy atom. The number of aromatic nitrogens is 1. The second-order valence-corrected chi connectivity index (χ2v) is 4.58. The van der Waals surface area contributed by atoms with Crippen LogP contribution in [0.5, 0.6) is 5.75 Å². The molecule has 0 bridgehead atoms. The highest BCUT2D eigenvalue weighted by Gasteiger charge is 2.17. The van der Waals surface area contributed by atoms with Gasteiger partial charge in [-0.25, -0.2) is 0 Å². The lowest BCUT2D eigenvalue weighted by Gasteiger charge is -2.16. The lowest BCUT2D eigenvalue weighted by atomic mass is 10.0. The van der Waals surface area contributed by atoms with Crippen LogP contribution >= 0.6 is 23.2 Å². The average molecular weight is 283 g/mol. The quantitative estimate of drug-likeness (QED) is 0.938. The molecule has 0 fully saturated rings. The molecule has 0 amide bonds. The van der Waals surface area contributed by atoms with Crippen LogP contribution in [0.25, 0.3) is 0 Å². The van der Waals surface area contributed by atoms with Gasteiger partial charge in [0.25, 0.3) is 0 Å². The van der Waals surface area contributed by atoms with Crippen molar-refractivity contribution in [2.45, 2.75) is 6.04 Å². The smallest absolute Gasteiger partial charge is 0.124 e. The minimum Gasteiger partial charge on any atom is -0.496 e. The zero-order valence-corrected chi connectivity index (χ0v) is 11.2. The van der Waals surface area contributed by atoms with E-state index in [-0.39, 0.29) is 0 Å². The van der Waals surface area contributed by atoms with Crippen molar-refractivity contribution in [2.24, 2.45) is 5.73 Å². The molecule has 0 aliphatic rings. The van der Waals surface area contributed by atoms with Gasteiger partial charge >= 0.3 is 0 Å². The predicted molar refractivity (Wildman–Crippen MR) is 73.3 cm³/mol. The van der Waals surface area contributed by atoms with Gasteiger partial charge in [-0.1, -0.05) is 41.4 Å². The van der Waals surface area contributed by atoms with Gasteiger partial charge in [0.2, 0.25) is 0 Å². The van der Waals surface area contributed by atoms with Crippen molar-refractivity contribution >= 4 is 23.2 Å². The van der Waals surface area contributed by atoms with Gasteiger partial charge in [0.1, 0.15) is 5.75 Å². The summed E-state index contributed by atoms with van der Waals surface area (Å²) in [4.78, 5) is 4.19. The Morgan fingerprint density at radius 2 is 2.00 bits per heavy atom. The fourth-order valence-corrected chi connectivity index (χ4v) is 2.22. The Hall–Kier alpha value is -1.29. The minimum atomic E-state index is -0.453. The number of nitrogens with two attached hydrogens (primary N) is 1. The zero-order valence-electron chi connectivity index (χ0n) is 9.73. The fraction of sp³-hybridized carbons (Fsp3) is 0.154. The van der Waals surface area contributed by atoms with Crippen molar-refractivity contribution in [3.63, 3.8) is 0 Å². The highest BCUT2D eigenvalue weighted by atomic mass is 35.5. The van der Waals surface area contributed by atoms with Crippen molar-refractivity contribution in [3.8, 4) is 5.75 Å². The molecule has 18 heavy (non-hydrogen) atoms. The first kappa shape index (κ1) is 13.1. The standard InChI is InChI=1S/C13H12Cl2N2O/c1-18-11-5-3-2-4-9(11)12(16)13-10(15)6-8(14)7-17-13/h2-7,12H,16H2,1H3. The van der Waals surface area contributed by atoms with E-state index >= 15 is 0 Å². The molecular formula is C13H12Cl2N2O. The third kappa shape index (κ3) is 2.58. The number of pyridine rings is 1. The zero-order chi connectivity index (χ0) is 13.1. The second-order valence-electron chi connectivity index (χ2n) is 3.74. The van der Waals surface area contributed by atoms with Crippen LogP contribution in [0.3, 0.4) is 0 Å². The summed E-state index contributed by atoms with van der Waals surface area (Å²) in [6.07, 6.45) is 1.53. The largest absolute Gasteiger partial charge is 0.496 e. The summed E-state index contributed by atoms with van der Waals surface area (Å²) in [7, 11) is 1.60. The number of hydrogen-bond donors (Lipinski definition) is 1. The Bertz CT molecular complexity index is 560. The summed E-state index contributed by atoms with van der Waals surface area (Å²) in [6.45, 7) is 0. The molecule has 2 rings (SSSR count). The summed E-state index contributed by atoms with van der Waals surface area (Å²) in [6, 6.07) is 8.68. The molecule has 0 aliphatic heterocycles. The maximum Gasteiger partial charge on any atom is 0.124 e. The SMILES string of the molecule is COc1ccccc1C(N)c1ncc(Cl)cc1Cl. The first-order valence-electron chi connectivity index (χ1n) is 5.33. The summed E-state index contributed by atoms with van der Waals surface area (Å²) in [5.41, 5.74) is 7.58. The van der Waals surface area contributed by atoms with Gasteiger partial charge in [0.05, 0.1) is 28.9 Å². The molecule has 1 aromatic heterocycles. The first-order valence-corrected chi connectivity index (χ1v) is 6.08. The molecule has 1 unspecified atom stereocenters. The van der Waals surface area contributed by atoms with E-state index < -0.39 is 6.04 Å². The number of para-hydroxylation sites is 1. The molecular weight excluding hydrogens is 271 g/mol. The van der Waals surface area contributed by atoms with Gasteiger partial charge in [-0.05, 0) is 12.1 Å². The lowest BCUT2D eigenvalue weighted by molar-refractivity contribution is 0.407. The van der Waals surface area contributed by atoms with Gasteiger partial charge in [0, 0.05) is 11.8 Å². The molecule has 3 nitrogen and oxygen atoms in total. The molecule has 1 atom stereocenters. The van der Waals surface area contributed by atoms with Gasteiger partial charge in [-0.15, -0.1) is 0 Å². The molecule has 5 heteroatoms. The van der Waals surface area contributed by atoms with E-state index in [4.69, 9.17) is 33.7 Å². The Labute approximate surface area is 115 Å². The predicted octanol–water partition coefficient (Wildman–Crippen LogP) is 3.45. The minimum absolute atomic E-state index is 0.445. The number of nitrogens with zero attached hydrogens (tertiary/aromatic N) is 1. The molecule has 0 saturated heterocycles. The highest BCUT2D eigenvalue weighted by molar-refractivity contribution is 6.34. The molecule has 94 valence electrons. The summed E-state index contributed by atoms with van der Waals surface area (Å²) in [5.74, 6) is 0.706. The first-order chi connectivity index (χ1) is 8.63. The van der Waals surface area contributed by atoms with Crippen LogP contribution in [0.4, 0.5) is 0 Å². The van der Waals surface area contributed by atoms with E-state index in [0.29, 0.717) is 21.5 Å². The molecule has 0 radical (unpaired) electrons. The van der Waals surface area contributed by atoms with Crippen LogP contribution in [0.2, 0.25) is 10.0 Å². The Balaban J connectivity index is 2.44. The van der Waals surface area contributed by atoms with Crippen LogP contribution in [-0.4, -0.2) is 12.1 Å². The number of hydrogen-bond acceptors (Lipinski definition) is 3. The highest BCUT2D eigenvalue weighted by Crippen LogP contribution is 2.31. The van der Waals surface area contributed by atoms with E-state index in [1.165, 1.54) is 6.20 Å². The Morgan fingerprint density at radius 1 is 1.28 bits per heavy atom. The van der Waals surface area contributed by atoms with Crippen LogP contribution in [0, 0.1) is 0 Å². The van der Waals surface area contributed by atoms with Crippen LogP contribution in [-0.2, 0) is 0 Å². The number of methoxy groups -OCH3 is 1. The van der Waals surface area contributed by atoms with Crippen LogP contribution in [0.15, 0.2) is 36.5 Å². The average Bonchev–Trinajstić information content (AvgIpc) is 2.38. The van der Waals surface area contributed by atoms with E-state index in [2.05, 4.69) is 4.98 Å². The maximum absolute atomic E-state index is 6.17. The lowest BCUT2D eigenvalue weighted by Crippen LogP contribution is -2.15.